The SMILES string of the molecule is CS(=O)(=O)Cc1ccc(CNC(=O)CC23CC4CC(CC(Br)(C4)C2)C3)cc1. The number of amides is 1. The summed E-state index contributed by atoms with van der Waals surface area (Å²) in [7, 11) is -3.02. The molecule has 4 bridgehead atoms. The summed E-state index contributed by atoms with van der Waals surface area (Å²) >= 11 is 4.01. The molecule has 0 saturated heterocycles. The van der Waals surface area contributed by atoms with Gasteiger partial charge in [0.25, 0.3) is 0 Å². The maximum atomic E-state index is 12.7. The van der Waals surface area contributed by atoms with Crippen molar-refractivity contribution in [3.8, 4) is 0 Å². The van der Waals surface area contributed by atoms with Crippen LogP contribution < -0.4 is 5.32 Å². The number of alkyl halides is 1. The summed E-state index contributed by atoms with van der Waals surface area (Å²) in [5, 5.41) is 3.08. The van der Waals surface area contributed by atoms with E-state index in [4.69, 9.17) is 0 Å². The minimum Gasteiger partial charge on any atom is -0.352 e. The molecule has 27 heavy (non-hydrogen) atoms. The molecule has 0 radical (unpaired) electrons. The van der Waals surface area contributed by atoms with Gasteiger partial charge in [0.1, 0.15) is 0 Å². The van der Waals surface area contributed by atoms with Gasteiger partial charge in [0.15, 0.2) is 9.84 Å². The molecule has 2 atom stereocenters. The minimum atomic E-state index is -3.02. The van der Waals surface area contributed by atoms with E-state index in [1.54, 1.807) is 0 Å². The van der Waals surface area contributed by atoms with E-state index in [1.165, 1.54) is 38.4 Å². The lowest BCUT2D eigenvalue weighted by molar-refractivity contribution is -0.128. The van der Waals surface area contributed by atoms with Crippen LogP contribution in [0.2, 0.25) is 0 Å². The smallest absolute Gasteiger partial charge is 0.220 e. The quantitative estimate of drug-likeness (QED) is 0.662. The highest BCUT2D eigenvalue weighted by Gasteiger charge is 2.57. The van der Waals surface area contributed by atoms with Gasteiger partial charge in [-0.15, -0.1) is 0 Å². The molecule has 2 unspecified atom stereocenters. The van der Waals surface area contributed by atoms with Crippen LogP contribution in [0.3, 0.4) is 0 Å². The van der Waals surface area contributed by atoms with Crippen LogP contribution in [0.4, 0.5) is 0 Å². The molecule has 4 aliphatic rings. The van der Waals surface area contributed by atoms with Crippen LogP contribution in [0.15, 0.2) is 24.3 Å². The fraction of sp³-hybridized carbons (Fsp3) is 0.667. The maximum absolute atomic E-state index is 12.7. The van der Waals surface area contributed by atoms with Crippen molar-refractivity contribution in [2.24, 2.45) is 17.3 Å². The Morgan fingerprint density at radius 3 is 2.26 bits per heavy atom. The molecule has 6 heteroatoms. The van der Waals surface area contributed by atoms with Gasteiger partial charge < -0.3 is 5.32 Å². The Morgan fingerprint density at radius 2 is 1.70 bits per heavy atom. The molecular formula is C21H28BrNO3S. The fourth-order valence-corrected chi connectivity index (χ4v) is 8.51. The number of nitrogens with one attached hydrogen (secondary N) is 1. The van der Waals surface area contributed by atoms with Gasteiger partial charge in [0.2, 0.25) is 5.91 Å². The third-order valence-corrected chi connectivity index (χ3v) is 8.37. The van der Waals surface area contributed by atoms with Gasteiger partial charge in [0, 0.05) is 23.5 Å². The highest BCUT2D eigenvalue weighted by atomic mass is 79.9. The van der Waals surface area contributed by atoms with E-state index in [-0.39, 0.29) is 21.4 Å². The first kappa shape index (κ1) is 19.4. The van der Waals surface area contributed by atoms with Gasteiger partial charge in [-0.25, -0.2) is 8.42 Å². The standard InChI is InChI=1S/C21H28BrNO3S/c1-27(25,26)13-16-4-2-15(3-5-16)12-23-19(24)11-20-7-17-6-18(8-20)10-21(22,9-17)14-20/h2-5,17-18H,6-14H2,1H3,(H,23,24). The molecule has 1 aromatic carbocycles. The van der Waals surface area contributed by atoms with Crippen molar-refractivity contribution < 1.29 is 13.2 Å². The number of hydrogen-bond donors (Lipinski definition) is 1. The first-order valence-electron chi connectivity index (χ1n) is 9.83. The molecule has 148 valence electrons. The van der Waals surface area contributed by atoms with E-state index in [1.807, 2.05) is 24.3 Å². The summed E-state index contributed by atoms with van der Waals surface area (Å²) in [6.07, 6.45) is 9.37. The van der Waals surface area contributed by atoms with Crippen LogP contribution in [0.1, 0.15) is 56.1 Å². The number of carbonyl (C=O) groups excluding carboxylic acids is 1. The van der Waals surface area contributed by atoms with Crippen LogP contribution >= 0.6 is 15.9 Å². The Balaban J connectivity index is 1.33. The monoisotopic (exact) mass is 453 g/mol. The van der Waals surface area contributed by atoms with Crippen molar-refractivity contribution in [1.82, 2.24) is 5.32 Å². The van der Waals surface area contributed by atoms with E-state index in [2.05, 4.69) is 21.2 Å². The number of benzene rings is 1. The molecule has 5 rings (SSSR count). The second-order valence-electron chi connectivity index (χ2n) is 9.45. The lowest BCUT2D eigenvalue weighted by Crippen LogP contribution is -2.54. The van der Waals surface area contributed by atoms with Crippen molar-refractivity contribution >= 4 is 31.7 Å². The summed E-state index contributed by atoms with van der Waals surface area (Å²) in [6.45, 7) is 0.500. The molecule has 1 aromatic rings. The van der Waals surface area contributed by atoms with Gasteiger partial charge in [-0.1, -0.05) is 40.2 Å². The fourth-order valence-electron chi connectivity index (χ4n) is 6.20. The van der Waals surface area contributed by atoms with Crippen LogP contribution in [0.25, 0.3) is 0 Å². The van der Waals surface area contributed by atoms with Crippen molar-refractivity contribution in [2.45, 2.75) is 61.6 Å². The number of sulfone groups is 1. The molecule has 1 amide bonds. The number of halogens is 1. The number of carbonyl (C=O) groups is 1. The summed E-state index contributed by atoms with van der Waals surface area (Å²) in [5.41, 5.74) is 1.98. The van der Waals surface area contributed by atoms with Crippen LogP contribution in [0.5, 0.6) is 0 Å². The second-order valence-corrected chi connectivity index (χ2v) is 13.3. The van der Waals surface area contributed by atoms with Gasteiger partial charge >= 0.3 is 0 Å². The Bertz CT molecular complexity index is 819. The van der Waals surface area contributed by atoms with Gasteiger partial charge in [-0.05, 0) is 66.9 Å². The average molecular weight is 454 g/mol. The Kier molecular flexibility index (Phi) is 4.95. The predicted molar refractivity (Wildman–Crippen MR) is 110 cm³/mol. The molecule has 4 aliphatic carbocycles. The van der Waals surface area contributed by atoms with Crippen LogP contribution in [-0.2, 0) is 26.9 Å². The third kappa shape index (κ3) is 4.58. The number of rotatable bonds is 6. The first-order chi connectivity index (χ1) is 12.6. The highest BCUT2D eigenvalue weighted by Crippen LogP contribution is 2.65. The summed E-state index contributed by atoms with van der Waals surface area (Å²) < 4.78 is 23.0. The van der Waals surface area contributed by atoms with Crippen molar-refractivity contribution in [3.63, 3.8) is 0 Å². The lowest BCUT2D eigenvalue weighted by Gasteiger charge is -2.60. The molecule has 0 aliphatic heterocycles. The van der Waals surface area contributed by atoms with E-state index in [0.29, 0.717) is 13.0 Å². The largest absolute Gasteiger partial charge is 0.352 e. The van der Waals surface area contributed by atoms with Gasteiger partial charge in [0.05, 0.1) is 5.75 Å². The zero-order chi connectivity index (χ0) is 19.3. The lowest BCUT2D eigenvalue weighted by atomic mass is 9.48. The molecule has 0 spiro atoms. The van der Waals surface area contributed by atoms with Crippen molar-refractivity contribution in [3.05, 3.63) is 35.4 Å². The second kappa shape index (κ2) is 6.87. The van der Waals surface area contributed by atoms with Gasteiger partial charge in [-0.2, -0.15) is 0 Å². The van der Waals surface area contributed by atoms with Crippen LogP contribution in [0, 0.1) is 17.3 Å². The normalized spacial score (nSPS) is 34.6. The van der Waals surface area contributed by atoms with E-state index in [0.717, 1.165) is 29.4 Å². The zero-order valence-corrected chi connectivity index (χ0v) is 18.2. The summed E-state index contributed by atoms with van der Waals surface area (Å²) in [6, 6.07) is 7.46. The first-order valence-corrected chi connectivity index (χ1v) is 12.7. The molecule has 1 N–H and O–H groups in total. The molecule has 4 saturated carbocycles. The molecule has 0 heterocycles. The van der Waals surface area contributed by atoms with E-state index in [9.17, 15) is 13.2 Å². The topological polar surface area (TPSA) is 63.2 Å². The third-order valence-electron chi connectivity index (χ3n) is 6.59. The predicted octanol–water partition coefficient (Wildman–Crippen LogP) is 3.97. The Labute approximate surface area is 170 Å². The van der Waals surface area contributed by atoms with Gasteiger partial charge in [-0.3, -0.25) is 4.79 Å². The highest BCUT2D eigenvalue weighted by molar-refractivity contribution is 9.10. The minimum absolute atomic E-state index is 0.0544. The molecular weight excluding hydrogens is 426 g/mol. The number of hydrogen-bond acceptors (Lipinski definition) is 3. The molecule has 4 fully saturated rings. The average Bonchev–Trinajstić information content (AvgIpc) is 2.50. The molecule has 0 aromatic heterocycles. The summed E-state index contributed by atoms with van der Waals surface area (Å²) in [4.78, 5) is 12.7. The molecule has 4 nitrogen and oxygen atoms in total. The van der Waals surface area contributed by atoms with E-state index < -0.39 is 9.84 Å². The van der Waals surface area contributed by atoms with Crippen molar-refractivity contribution in [1.29, 1.82) is 0 Å². The Morgan fingerprint density at radius 1 is 1.11 bits per heavy atom. The zero-order valence-electron chi connectivity index (χ0n) is 15.8. The maximum Gasteiger partial charge on any atom is 0.220 e. The summed E-state index contributed by atoms with van der Waals surface area (Å²) in [5.74, 6) is 1.79. The Hall–Kier alpha value is -0.880. The van der Waals surface area contributed by atoms with Crippen LogP contribution in [-0.4, -0.2) is 24.9 Å². The van der Waals surface area contributed by atoms with Crippen molar-refractivity contribution in [2.75, 3.05) is 6.26 Å². The van der Waals surface area contributed by atoms with E-state index >= 15 is 0 Å².